The summed E-state index contributed by atoms with van der Waals surface area (Å²) in [6.45, 7) is 1.72. The van der Waals surface area contributed by atoms with Gasteiger partial charge in [0, 0.05) is 6.42 Å². The van der Waals surface area contributed by atoms with Crippen LogP contribution in [0.15, 0.2) is 34.7 Å². The van der Waals surface area contributed by atoms with Crippen LogP contribution in [0, 0.1) is 18.6 Å². The predicted octanol–water partition coefficient (Wildman–Crippen LogP) is 3.48. The summed E-state index contributed by atoms with van der Waals surface area (Å²) >= 11 is 0. The van der Waals surface area contributed by atoms with Crippen molar-refractivity contribution in [3.63, 3.8) is 0 Å². The second-order valence-electron chi connectivity index (χ2n) is 5.88. The van der Waals surface area contributed by atoms with Crippen LogP contribution in [0.4, 0.5) is 8.78 Å². The normalized spacial score (nSPS) is 15.8. The number of aryl methyl sites for hydroxylation is 1. The molecule has 1 N–H and O–H groups in total. The smallest absolute Gasteiger partial charge is 0.343 e. The molecule has 0 bridgehead atoms. The Hall–Kier alpha value is -3.29. The third kappa shape index (κ3) is 2.69. The number of cyclic esters (lactones) is 1. The van der Waals surface area contributed by atoms with E-state index in [4.69, 9.17) is 9.15 Å². The fourth-order valence-electron chi connectivity index (χ4n) is 2.92. The number of ether oxygens (including phenoxy) is 1. The SMILES string of the molecule is Cc1ccc(-c2nc(O)nc3c2C(=O)OC3Cc2cc(F)ccc2F)o1. The molecule has 0 radical (unpaired) electrons. The van der Waals surface area contributed by atoms with Gasteiger partial charge in [0.05, 0.1) is 0 Å². The lowest BCUT2D eigenvalue weighted by molar-refractivity contribution is 0.0380. The number of halogens is 2. The Balaban J connectivity index is 1.79. The van der Waals surface area contributed by atoms with Gasteiger partial charge >= 0.3 is 12.0 Å². The molecule has 0 saturated heterocycles. The lowest BCUT2D eigenvalue weighted by atomic mass is 10.0. The molecular weight excluding hydrogens is 346 g/mol. The summed E-state index contributed by atoms with van der Waals surface area (Å²) < 4.78 is 38.1. The van der Waals surface area contributed by atoms with Gasteiger partial charge in [0.15, 0.2) is 5.76 Å². The molecule has 6 nitrogen and oxygen atoms in total. The highest BCUT2D eigenvalue weighted by Crippen LogP contribution is 2.38. The maximum absolute atomic E-state index is 13.9. The Morgan fingerprint density at radius 2 is 2.00 bits per heavy atom. The topological polar surface area (TPSA) is 85.5 Å². The molecule has 8 heteroatoms. The zero-order valence-corrected chi connectivity index (χ0v) is 13.5. The molecule has 4 rings (SSSR count). The van der Waals surface area contributed by atoms with E-state index in [9.17, 15) is 18.7 Å². The minimum Gasteiger partial charge on any atom is -0.479 e. The molecule has 3 aromatic rings. The van der Waals surface area contributed by atoms with E-state index in [1.54, 1.807) is 19.1 Å². The third-order valence-corrected chi connectivity index (χ3v) is 4.07. The average molecular weight is 358 g/mol. The summed E-state index contributed by atoms with van der Waals surface area (Å²) in [6.07, 6.45) is -1.10. The number of benzene rings is 1. The second-order valence-corrected chi connectivity index (χ2v) is 5.88. The van der Waals surface area contributed by atoms with Crippen LogP contribution in [-0.4, -0.2) is 21.0 Å². The van der Waals surface area contributed by atoms with Gasteiger partial charge < -0.3 is 14.3 Å². The highest BCUT2D eigenvalue weighted by atomic mass is 19.1. The Bertz CT molecular complexity index is 1030. The Morgan fingerprint density at radius 1 is 1.19 bits per heavy atom. The van der Waals surface area contributed by atoms with E-state index in [1.165, 1.54) is 0 Å². The Morgan fingerprint density at radius 3 is 2.73 bits per heavy atom. The van der Waals surface area contributed by atoms with E-state index in [2.05, 4.69) is 9.97 Å². The summed E-state index contributed by atoms with van der Waals surface area (Å²) in [6, 6.07) is 5.73. The lowest BCUT2D eigenvalue weighted by Gasteiger charge is -2.11. The predicted molar refractivity (Wildman–Crippen MR) is 84.4 cm³/mol. The van der Waals surface area contributed by atoms with Crippen molar-refractivity contribution in [3.05, 3.63) is 64.5 Å². The molecule has 0 amide bonds. The van der Waals surface area contributed by atoms with Crippen LogP contribution >= 0.6 is 0 Å². The number of nitrogens with zero attached hydrogens (tertiary/aromatic N) is 2. The van der Waals surface area contributed by atoms with Crippen molar-refractivity contribution in [2.24, 2.45) is 0 Å². The standard InChI is InChI=1S/C18H12F2N2O4/c1-8-2-5-12(25-8)15-14-16(22-18(24)21-15)13(26-17(14)23)7-9-6-10(19)3-4-11(9)20/h2-6,13H,7H2,1H3,(H,21,22,24). The van der Waals surface area contributed by atoms with Crippen LogP contribution in [0.25, 0.3) is 11.5 Å². The van der Waals surface area contributed by atoms with E-state index in [-0.39, 0.29) is 34.7 Å². The molecule has 1 atom stereocenters. The van der Waals surface area contributed by atoms with Crippen LogP contribution in [0.5, 0.6) is 6.01 Å². The van der Waals surface area contributed by atoms with Crippen LogP contribution < -0.4 is 0 Å². The highest BCUT2D eigenvalue weighted by molar-refractivity contribution is 5.99. The van der Waals surface area contributed by atoms with Crippen LogP contribution in [0.1, 0.15) is 33.5 Å². The first-order valence-corrected chi connectivity index (χ1v) is 7.75. The number of hydrogen-bond acceptors (Lipinski definition) is 6. The molecule has 0 aliphatic carbocycles. The van der Waals surface area contributed by atoms with Crippen molar-refractivity contribution in [1.29, 1.82) is 0 Å². The van der Waals surface area contributed by atoms with E-state index < -0.39 is 29.7 Å². The van der Waals surface area contributed by atoms with Gasteiger partial charge in [-0.05, 0) is 42.8 Å². The number of esters is 1. The van der Waals surface area contributed by atoms with E-state index in [0.717, 1.165) is 18.2 Å². The molecule has 0 saturated carbocycles. The van der Waals surface area contributed by atoms with Gasteiger partial charge in [-0.25, -0.2) is 13.6 Å². The van der Waals surface area contributed by atoms with Crippen molar-refractivity contribution < 1.29 is 27.8 Å². The zero-order valence-electron chi connectivity index (χ0n) is 13.5. The van der Waals surface area contributed by atoms with E-state index in [1.807, 2.05) is 0 Å². The summed E-state index contributed by atoms with van der Waals surface area (Å²) in [5.74, 6) is -1.09. The Labute approximate surface area is 146 Å². The van der Waals surface area contributed by atoms with Gasteiger partial charge in [0.1, 0.15) is 40.4 Å². The largest absolute Gasteiger partial charge is 0.479 e. The average Bonchev–Trinajstić information content (AvgIpc) is 3.15. The first-order chi connectivity index (χ1) is 12.4. The van der Waals surface area contributed by atoms with Crippen molar-refractivity contribution in [2.75, 3.05) is 0 Å². The molecule has 1 aromatic carbocycles. The number of hydrogen-bond donors (Lipinski definition) is 1. The summed E-state index contributed by atoms with van der Waals surface area (Å²) in [5, 5.41) is 9.85. The molecule has 2 aromatic heterocycles. The molecule has 3 heterocycles. The summed E-state index contributed by atoms with van der Waals surface area (Å²) in [5.41, 5.74) is 0.270. The van der Waals surface area contributed by atoms with Crippen molar-refractivity contribution in [3.8, 4) is 17.5 Å². The fraction of sp³-hybridized carbons (Fsp3) is 0.167. The van der Waals surface area contributed by atoms with Gasteiger partial charge in [-0.2, -0.15) is 9.97 Å². The minimum absolute atomic E-state index is 0.0316. The summed E-state index contributed by atoms with van der Waals surface area (Å²) in [4.78, 5) is 20.1. The molecule has 0 spiro atoms. The van der Waals surface area contributed by atoms with Crippen LogP contribution in [0.2, 0.25) is 0 Å². The van der Waals surface area contributed by atoms with E-state index in [0.29, 0.717) is 5.76 Å². The van der Waals surface area contributed by atoms with Gasteiger partial charge in [0.2, 0.25) is 0 Å². The zero-order chi connectivity index (χ0) is 18.4. The maximum Gasteiger partial charge on any atom is 0.343 e. The van der Waals surface area contributed by atoms with Crippen molar-refractivity contribution >= 4 is 5.97 Å². The van der Waals surface area contributed by atoms with Gasteiger partial charge in [-0.1, -0.05) is 0 Å². The van der Waals surface area contributed by atoms with Crippen molar-refractivity contribution in [2.45, 2.75) is 19.4 Å². The molecule has 1 aliphatic rings. The van der Waals surface area contributed by atoms with Gasteiger partial charge in [-0.15, -0.1) is 0 Å². The fourth-order valence-corrected chi connectivity index (χ4v) is 2.92. The second kappa shape index (κ2) is 5.91. The molecule has 26 heavy (non-hydrogen) atoms. The quantitative estimate of drug-likeness (QED) is 0.722. The lowest BCUT2D eigenvalue weighted by Crippen LogP contribution is -2.06. The molecule has 132 valence electrons. The van der Waals surface area contributed by atoms with Crippen LogP contribution in [-0.2, 0) is 11.2 Å². The van der Waals surface area contributed by atoms with Gasteiger partial charge in [-0.3, -0.25) is 0 Å². The minimum atomic E-state index is -0.975. The van der Waals surface area contributed by atoms with E-state index >= 15 is 0 Å². The monoisotopic (exact) mass is 358 g/mol. The number of aromatic nitrogens is 2. The highest BCUT2D eigenvalue weighted by Gasteiger charge is 2.38. The number of fused-ring (bicyclic) bond motifs is 1. The third-order valence-electron chi connectivity index (χ3n) is 4.07. The molecular formula is C18H12F2N2O4. The van der Waals surface area contributed by atoms with Crippen molar-refractivity contribution in [1.82, 2.24) is 9.97 Å². The molecule has 0 fully saturated rings. The summed E-state index contributed by atoms with van der Waals surface area (Å²) in [7, 11) is 0. The van der Waals surface area contributed by atoms with Gasteiger partial charge in [0.25, 0.3) is 0 Å². The molecule has 1 aliphatic heterocycles. The number of aromatic hydroxyl groups is 1. The first-order valence-electron chi connectivity index (χ1n) is 7.75. The Kier molecular flexibility index (Phi) is 3.68. The number of carbonyl (C=O) groups excluding carboxylic acids is 1. The first kappa shape index (κ1) is 16.2. The molecule has 1 unspecified atom stereocenters. The number of carbonyl (C=O) groups is 1. The number of rotatable bonds is 3. The maximum atomic E-state index is 13.9. The van der Waals surface area contributed by atoms with Crippen LogP contribution in [0.3, 0.4) is 0 Å². The number of furan rings is 1.